The van der Waals surface area contributed by atoms with E-state index in [4.69, 9.17) is 16.4 Å². The van der Waals surface area contributed by atoms with Gasteiger partial charge in [0, 0.05) is 19.5 Å². The molecule has 1 atom stereocenters. The van der Waals surface area contributed by atoms with Gasteiger partial charge in [-0.2, -0.15) is 5.26 Å². The number of aliphatic hydroxyl groups is 1. The van der Waals surface area contributed by atoms with Crippen LogP contribution >= 0.6 is 0 Å². The van der Waals surface area contributed by atoms with Crippen molar-refractivity contribution < 1.29 is 9.84 Å². The van der Waals surface area contributed by atoms with Gasteiger partial charge in [0.25, 0.3) is 0 Å². The van der Waals surface area contributed by atoms with E-state index in [9.17, 15) is 5.11 Å². The largest absolute Gasteiger partial charge is 0.491 e. The number of aliphatic hydroxyl groups excluding tert-OH is 1. The van der Waals surface area contributed by atoms with Crippen LogP contribution in [0, 0.1) is 23.7 Å². The highest BCUT2D eigenvalue weighted by Crippen LogP contribution is 2.11. The van der Waals surface area contributed by atoms with Crippen LogP contribution in [-0.4, -0.2) is 30.9 Å². The lowest BCUT2D eigenvalue weighted by Gasteiger charge is -2.12. The van der Waals surface area contributed by atoms with Crippen LogP contribution in [-0.2, 0) is 0 Å². The summed E-state index contributed by atoms with van der Waals surface area (Å²) in [5.74, 6) is 3.14. The zero-order valence-electron chi connectivity index (χ0n) is 10.1. The Morgan fingerprint density at radius 1 is 1.39 bits per heavy atom. The predicted molar refractivity (Wildman–Crippen MR) is 69.0 cm³/mol. The molecule has 1 unspecified atom stereocenters. The molecule has 0 bridgehead atoms. The van der Waals surface area contributed by atoms with Crippen LogP contribution in [0.4, 0.5) is 0 Å². The average molecular weight is 244 g/mol. The van der Waals surface area contributed by atoms with Crippen LogP contribution in [0.2, 0.25) is 0 Å². The zero-order valence-corrected chi connectivity index (χ0v) is 10.1. The first-order valence-corrected chi connectivity index (χ1v) is 5.71. The Bertz CT molecular complexity index is 429. The maximum absolute atomic E-state index is 9.62. The number of terminal acetylenes is 1. The van der Waals surface area contributed by atoms with E-state index in [-0.39, 0.29) is 6.61 Å². The molecular weight excluding hydrogens is 228 g/mol. The van der Waals surface area contributed by atoms with E-state index in [2.05, 4.69) is 11.2 Å². The minimum absolute atomic E-state index is 0.203. The minimum atomic E-state index is -0.585. The van der Waals surface area contributed by atoms with Crippen LogP contribution in [0.15, 0.2) is 24.3 Å². The third-order valence-corrected chi connectivity index (χ3v) is 2.25. The molecule has 0 spiro atoms. The molecule has 0 saturated heterocycles. The molecule has 4 heteroatoms. The van der Waals surface area contributed by atoms with E-state index in [1.165, 1.54) is 0 Å². The van der Waals surface area contributed by atoms with Gasteiger partial charge in [-0.3, -0.25) is 0 Å². The first-order valence-electron chi connectivity index (χ1n) is 5.71. The summed E-state index contributed by atoms with van der Waals surface area (Å²) in [6.07, 6.45) is 5.16. The first kappa shape index (κ1) is 14.1. The third-order valence-electron chi connectivity index (χ3n) is 2.25. The molecule has 1 aromatic rings. The molecular formula is C14H16N2O2. The number of ether oxygens (including phenoxy) is 1. The van der Waals surface area contributed by atoms with Gasteiger partial charge in [0.15, 0.2) is 0 Å². The second kappa shape index (κ2) is 8.14. The predicted octanol–water partition coefficient (Wildman–Crippen LogP) is 0.911. The van der Waals surface area contributed by atoms with Crippen molar-refractivity contribution in [2.75, 3.05) is 19.7 Å². The quantitative estimate of drug-likeness (QED) is 0.553. The molecule has 2 N–H and O–H groups in total. The van der Waals surface area contributed by atoms with Gasteiger partial charge in [-0.1, -0.05) is 0 Å². The molecule has 0 aliphatic heterocycles. The highest BCUT2D eigenvalue weighted by molar-refractivity contribution is 5.34. The lowest BCUT2D eigenvalue weighted by molar-refractivity contribution is 0.107. The normalized spacial score (nSPS) is 11.3. The fourth-order valence-electron chi connectivity index (χ4n) is 1.31. The summed E-state index contributed by atoms with van der Waals surface area (Å²) >= 11 is 0. The molecule has 0 amide bonds. The van der Waals surface area contributed by atoms with Crippen LogP contribution in [0.1, 0.15) is 12.0 Å². The standard InChI is InChI=1S/C14H16N2O2/c1-2-3-8-16-10-13(17)11-18-14-6-4-12(9-15)5-7-14/h1,4-7,13,16-17H,3,8,10-11H2. The monoisotopic (exact) mass is 244 g/mol. The Kier molecular flexibility index (Phi) is 6.35. The molecule has 0 aliphatic carbocycles. The molecule has 94 valence electrons. The number of benzene rings is 1. The average Bonchev–Trinajstić information content (AvgIpc) is 2.42. The van der Waals surface area contributed by atoms with Crippen molar-refractivity contribution in [3.8, 4) is 24.2 Å². The van der Waals surface area contributed by atoms with Gasteiger partial charge in [0.1, 0.15) is 18.5 Å². The van der Waals surface area contributed by atoms with Gasteiger partial charge in [0.05, 0.1) is 11.6 Å². The summed E-state index contributed by atoms with van der Waals surface area (Å²) in [6.45, 7) is 1.33. The number of hydrogen-bond acceptors (Lipinski definition) is 4. The van der Waals surface area contributed by atoms with Crippen LogP contribution < -0.4 is 10.1 Å². The molecule has 0 aliphatic rings. The maximum Gasteiger partial charge on any atom is 0.119 e. The van der Waals surface area contributed by atoms with Crippen LogP contribution in [0.5, 0.6) is 5.75 Å². The number of hydrogen-bond donors (Lipinski definition) is 2. The van der Waals surface area contributed by atoms with E-state index >= 15 is 0 Å². The number of nitriles is 1. The molecule has 0 fully saturated rings. The Morgan fingerprint density at radius 3 is 2.72 bits per heavy atom. The van der Waals surface area contributed by atoms with Crippen molar-refractivity contribution in [3.05, 3.63) is 29.8 Å². The van der Waals surface area contributed by atoms with Crippen molar-refractivity contribution in [3.63, 3.8) is 0 Å². The van der Waals surface area contributed by atoms with E-state index in [0.29, 0.717) is 30.8 Å². The van der Waals surface area contributed by atoms with Gasteiger partial charge < -0.3 is 15.2 Å². The lowest BCUT2D eigenvalue weighted by atomic mass is 10.2. The molecule has 0 saturated carbocycles. The van der Waals surface area contributed by atoms with Crippen LogP contribution in [0.3, 0.4) is 0 Å². The highest BCUT2D eigenvalue weighted by atomic mass is 16.5. The third kappa shape index (κ3) is 5.36. The second-order valence-corrected chi connectivity index (χ2v) is 3.76. The summed E-state index contributed by atoms with van der Waals surface area (Å²) < 4.78 is 5.38. The molecule has 1 aromatic carbocycles. The Hall–Kier alpha value is -2.01. The van der Waals surface area contributed by atoms with E-state index in [1.807, 2.05) is 6.07 Å². The van der Waals surface area contributed by atoms with Gasteiger partial charge in [-0.25, -0.2) is 0 Å². The molecule has 1 rings (SSSR count). The van der Waals surface area contributed by atoms with E-state index in [1.54, 1.807) is 24.3 Å². The minimum Gasteiger partial charge on any atom is -0.491 e. The van der Waals surface area contributed by atoms with Crippen LogP contribution in [0.25, 0.3) is 0 Å². The maximum atomic E-state index is 9.62. The summed E-state index contributed by atoms with van der Waals surface area (Å²) in [5.41, 5.74) is 0.582. The molecule has 0 heterocycles. The zero-order chi connectivity index (χ0) is 13.2. The summed E-state index contributed by atoms with van der Waals surface area (Å²) in [4.78, 5) is 0. The summed E-state index contributed by atoms with van der Waals surface area (Å²) in [6, 6.07) is 8.79. The van der Waals surface area contributed by atoms with Gasteiger partial charge in [0.2, 0.25) is 0 Å². The Balaban J connectivity index is 2.23. The van der Waals surface area contributed by atoms with Crippen molar-refractivity contribution in [2.45, 2.75) is 12.5 Å². The van der Waals surface area contributed by atoms with Gasteiger partial charge in [-0.15, -0.1) is 12.3 Å². The number of nitrogens with zero attached hydrogens (tertiary/aromatic N) is 1. The molecule has 0 radical (unpaired) electrons. The van der Waals surface area contributed by atoms with E-state index < -0.39 is 6.10 Å². The SMILES string of the molecule is C#CCCNCC(O)COc1ccc(C#N)cc1. The Morgan fingerprint density at radius 2 is 2.11 bits per heavy atom. The van der Waals surface area contributed by atoms with Gasteiger partial charge >= 0.3 is 0 Å². The second-order valence-electron chi connectivity index (χ2n) is 3.76. The van der Waals surface area contributed by atoms with Crippen molar-refractivity contribution in [1.29, 1.82) is 5.26 Å². The number of nitrogens with one attached hydrogen (secondary N) is 1. The van der Waals surface area contributed by atoms with Crippen molar-refractivity contribution in [2.24, 2.45) is 0 Å². The van der Waals surface area contributed by atoms with Crippen molar-refractivity contribution in [1.82, 2.24) is 5.32 Å². The van der Waals surface area contributed by atoms with E-state index in [0.717, 1.165) is 0 Å². The Labute approximate surface area is 107 Å². The highest BCUT2D eigenvalue weighted by Gasteiger charge is 2.04. The van der Waals surface area contributed by atoms with Crippen molar-refractivity contribution >= 4 is 0 Å². The molecule has 0 aromatic heterocycles. The molecule has 4 nitrogen and oxygen atoms in total. The topological polar surface area (TPSA) is 65.3 Å². The summed E-state index contributed by atoms with van der Waals surface area (Å²) in [7, 11) is 0. The summed E-state index contributed by atoms with van der Waals surface area (Å²) in [5, 5.41) is 21.3. The van der Waals surface area contributed by atoms with Gasteiger partial charge in [-0.05, 0) is 24.3 Å². The number of rotatable bonds is 7. The molecule has 18 heavy (non-hydrogen) atoms. The smallest absolute Gasteiger partial charge is 0.119 e. The fraction of sp³-hybridized carbons (Fsp3) is 0.357. The lowest BCUT2D eigenvalue weighted by Crippen LogP contribution is -2.31. The first-order chi connectivity index (χ1) is 8.76. The fourth-order valence-corrected chi connectivity index (χ4v) is 1.31.